The second-order valence-electron chi connectivity index (χ2n) is 4.61. The summed E-state index contributed by atoms with van der Waals surface area (Å²) in [5.74, 6) is -0.797. The second-order valence-corrected chi connectivity index (χ2v) is 5.62. The van der Waals surface area contributed by atoms with Crippen molar-refractivity contribution in [1.82, 2.24) is 5.32 Å². The van der Waals surface area contributed by atoms with Gasteiger partial charge < -0.3 is 0 Å². The summed E-state index contributed by atoms with van der Waals surface area (Å²) >= 11 is 1.20. The fourth-order valence-corrected chi connectivity index (χ4v) is 2.51. The van der Waals surface area contributed by atoms with Crippen molar-refractivity contribution < 1.29 is 8.78 Å². The molecule has 1 aromatic carbocycles. The minimum Gasteiger partial charge on any atom is -0.297 e. The summed E-state index contributed by atoms with van der Waals surface area (Å²) in [5, 5.41) is 12.3. The highest BCUT2D eigenvalue weighted by atomic mass is 32.2. The van der Waals surface area contributed by atoms with Gasteiger partial charge in [-0.3, -0.25) is 5.32 Å². The second kappa shape index (κ2) is 6.17. The van der Waals surface area contributed by atoms with E-state index in [0.29, 0.717) is 10.6 Å². The van der Waals surface area contributed by atoms with Crippen molar-refractivity contribution >= 4 is 11.8 Å². The number of halogens is 2. The molecule has 0 radical (unpaired) electrons. The fourth-order valence-electron chi connectivity index (χ4n) is 1.56. The average molecular weight is 270 g/mol. The molecular weight excluding hydrogens is 254 g/mol. The summed E-state index contributed by atoms with van der Waals surface area (Å²) in [6, 6.07) is 5.80. The van der Waals surface area contributed by atoms with Crippen LogP contribution in [0, 0.1) is 23.0 Å². The Morgan fingerprint density at radius 2 is 2.11 bits per heavy atom. The first-order chi connectivity index (χ1) is 8.36. The van der Waals surface area contributed by atoms with Crippen molar-refractivity contribution in [3.63, 3.8) is 0 Å². The van der Waals surface area contributed by atoms with Gasteiger partial charge in [0, 0.05) is 22.8 Å². The Labute approximate surface area is 110 Å². The van der Waals surface area contributed by atoms with E-state index in [-0.39, 0.29) is 6.04 Å². The molecule has 0 aliphatic carbocycles. The Bertz CT molecular complexity index is 457. The number of rotatable bonds is 5. The third kappa shape index (κ3) is 4.28. The molecule has 0 saturated carbocycles. The number of nitrogens with one attached hydrogen (secondary N) is 1. The first kappa shape index (κ1) is 14.9. The van der Waals surface area contributed by atoms with E-state index in [1.807, 2.05) is 13.8 Å². The topological polar surface area (TPSA) is 35.8 Å². The fraction of sp³-hybridized carbons (Fsp3) is 0.462. The molecule has 1 aromatic rings. The van der Waals surface area contributed by atoms with Gasteiger partial charge in [0.2, 0.25) is 0 Å². The Balaban J connectivity index is 2.71. The van der Waals surface area contributed by atoms with Crippen LogP contribution >= 0.6 is 11.8 Å². The first-order valence-electron chi connectivity index (χ1n) is 5.63. The van der Waals surface area contributed by atoms with E-state index in [1.165, 1.54) is 23.9 Å². The van der Waals surface area contributed by atoms with E-state index in [9.17, 15) is 8.78 Å². The lowest BCUT2D eigenvalue weighted by molar-refractivity contribution is 0.443. The van der Waals surface area contributed by atoms with Crippen molar-refractivity contribution in [2.75, 3.05) is 5.75 Å². The maximum absolute atomic E-state index is 13.4. The number of nitrogens with zero attached hydrogens (tertiary/aromatic N) is 1. The summed E-state index contributed by atoms with van der Waals surface area (Å²) < 4.78 is 26.2. The van der Waals surface area contributed by atoms with Gasteiger partial charge in [0.1, 0.15) is 17.2 Å². The molecule has 1 rings (SSSR count). The highest BCUT2D eigenvalue weighted by Crippen LogP contribution is 2.25. The number of thioether (sulfide) groups is 1. The van der Waals surface area contributed by atoms with Crippen molar-refractivity contribution in [3.05, 3.63) is 29.8 Å². The SMILES string of the molecule is CC(C)NC(C)(C#N)CSc1ccc(F)cc1F. The van der Waals surface area contributed by atoms with Gasteiger partial charge in [-0.25, -0.2) is 8.78 Å². The first-order valence-corrected chi connectivity index (χ1v) is 6.61. The Morgan fingerprint density at radius 1 is 1.44 bits per heavy atom. The summed E-state index contributed by atoms with van der Waals surface area (Å²) in [7, 11) is 0. The van der Waals surface area contributed by atoms with Crippen molar-refractivity contribution in [1.29, 1.82) is 5.26 Å². The van der Waals surface area contributed by atoms with E-state index >= 15 is 0 Å². The van der Waals surface area contributed by atoms with E-state index in [0.717, 1.165) is 6.07 Å². The predicted octanol–water partition coefficient (Wildman–Crippen LogP) is 3.34. The number of nitriles is 1. The zero-order valence-corrected chi connectivity index (χ0v) is 11.4. The van der Waals surface area contributed by atoms with Crippen LogP contribution < -0.4 is 5.32 Å². The molecule has 0 saturated heterocycles. The van der Waals surface area contributed by atoms with Crippen molar-refractivity contribution in [2.24, 2.45) is 0 Å². The molecule has 0 amide bonds. The molecule has 0 bridgehead atoms. The molecular formula is C13H16F2N2S. The molecule has 5 heteroatoms. The van der Waals surface area contributed by atoms with Gasteiger partial charge in [-0.15, -0.1) is 11.8 Å². The minimum atomic E-state index is -0.736. The van der Waals surface area contributed by atoms with Crippen LogP contribution in [0.4, 0.5) is 8.78 Å². The zero-order chi connectivity index (χ0) is 13.8. The maximum atomic E-state index is 13.4. The van der Waals surface area contributed by atoms with E-state index in [2.05, 4.69) is 11.4 Å². The van der Waals surface area contributed by atoms with Gasteiger partial charge in [-0.1, -0.05) is 0 Å². The summed E-state index contributed by atoms with van der Waals surface area (Å²) in [6.07, 6.45) is 0. The van der Waals surface area contributed by atoms with Crippen molar-refractivity contribution in [2.45, 2.75) is 37.2 Å². The molecule has 0 aromatic heterocycles. The van der Waals surface area contributed by atoms with Crippen molar-refractivity contribution in [3.8, 4) is 6.07 Å². The molecule has 98 valence electrons. The summed E-state index contributed by atoms with van der Waals surface area (Å²) in [4.78, 5) is 0.350. The van der Waals surface area contributed by atoms with Gasteiger partial charge in [0.15, 0.2) is 0 Å². The molecule has 1 unspecified atom stereocenters. The molecule has 1 atom stereocenters. The summed E-state index contributed by atoms with van der Waals surface area (Å²) in [6.45, 7) is 5.65. The number of hydrogen-bond acceptors (Lipinski definition) is 3. The van der Waals surface area contributed by atoms with Gasteiger partial charge in [0.05, 0.1) is 6.07 Å². The molecule has 0 spiro atoms. The van der Waals surface area contributed by atoms with Crippen LogP contribution in [0.15, 0.2) is 23.1 Å². The Kier molecular flexibility index (Phi) is 5.12. The normalized spacial score (nSPS) is 14.3. The molecule has 2 nitrogen and oxygen atoms in total. The standard InChI is InChI=1S/C13H16F2N2S/c1-9(2)17-13(3,7-16)8-18-12-5-4-10(14)6-11(12)15/h4-6,9,17H,8H2,1-3H3. The number of hydrogen-bond donors (Lipinski definition) is 1. The lowest BCUT2D eigenvalue weighted by Crippen LogP contribution is -2.47. The van der Waals surface area contributed by atoms with Gasteiger partial charge in [0.25, 0.3) is 0 Å². The third-order valence-electron chi connectivity index (χ3n) is 2.26. The quantitative estimate of drug-likeness (QED) is 0.834. The maximum Gasteiger partial charge on any atom is 0.139 e. The number of benzene rings is 1. The monoisotopic (exact) mass is 270 g/mol. The van der Waals surface area contributed by atoms with Gasteiger partial charge >= 0.3 is 0 Å². The van der Waals surface area contributed by atoms with Crippen LogP contribution in [0.3, 0.4) is 0 Å². The lowest BCUT2D eigenvalue weighted by atomic mass is 10.1. The predicted molar refractivity (Wildman–Crippen MR) is 69.4 cm³/mol. The van der Waals surface area contributed by atoms with Crippen LogP contribution in [0.25, 0.3) is 0 Å². The molecule has 0 fully saturated rings. The highest BCUT2D eigenvalue weighted by molar-refractivity contribution is 7.99. The molecule has 0 aliphatic rings. The van der Waals surface area contributed by atoms with Crippen LogP contribution in [-0.2, 0) is 0 Å². The Morgan fingerprint density at radius 3 is 2.61 bits per heavy atom. The molecule has 0 aliphatic heterocycles. The minimum absolute atomic E-state index is 0.160. The van der Waals surface area contributed by atoms with Crippen LogP contribution in [0.1, 0.15) is 20.8 Å². The van der Waals surface area contributed by atoms with E-state index in [4.69, 9.17) is 5.26 Å². The highest BCUT2D eigenvalue weighted by Gasteiger charge is 2.25. The molecule has 18 heavy (non-hydrogen) atoms. The molecule has 1 N–H and O–H groups in total. The Hall–Kier alpha value is -1.12. The third-order valence-corrected chi connectivity index (χ3v) is 3.63. The van der Waals surface area contributed by atoms with Crippen LogP contribution in [0.2, 0.25) is 0 Å². The van der Waals surface area contributed by atoms with Gasteiger partial charge in [-0.2, -0.15) is 5.26 Å². The van der Waals surface area contributed by atoms with E-state index < -0.39 is 17.2 Å². The molecule has 0 heterocycles. The van der Waals surface area contributed by atoms with Crippen LogP contribution in [0.5, 0.6) is 0 Å². The summed E-state index contributed by atoms with van der Waals surface area (Å²) in [5.41, 5.74) is -0.736. The van der Waals surface area contributed by atoms with E-state index in [1.54, 1.807) is 6.92 Å². The average Bonchev–Trinajstić information content (AvgIpc) is 2.27. The smallest absolute Gasteiger partial charge is 0.139 e. The largest absolute Gasteiger partial charge is 0.297 e. The zero-order valence-electron chi connectivity index (χ0n) is 10.6. The van der Waals surface area contributed by atoms with Crippen LogP contribution in [-0.4, -0.2) is 17.3 Å². The lowest BCUT2D eigenvalue weighted by Gasteiger charge is -2.25. The van der Waals surface area contributed by atoms with Gasteiger partial charge in [-0.05, 0) is 32.9 Å².